The summed E-state index contributed by atoms with van der Waals surface area (Å²) >= 11 is 3.27. The maximum absolute atomic E-state index is 11.4. The Kier molecular flexibility index (Phi) is 4.01. The molecule has 0 spiro atoms. The highest BCUT2D eigenvalue weighted by Crippen LogP contribution is 2.26. The molecule has 0 saturated heterocycles. The fourth-order valence-electron chi connectivity index (χ4n) is 1.43. The third-order valence-electron chi connectivity index (χ3n) is 2.34. The molecule has 0 atom stereocenters. The maximum atomic E-state index is 11.4. The van der Waals surface area contributed by atoms with Gasteiger partial charge in [-0.1, -0.05) is 6.07 Å². The first-order valence-corrected chi connectivity index (χ1v) is 6.16. The molecule has 5 nitrogen and oxygen atoms in total. The van der Waals surface area contributed by atoms with Gasteiger partial charge in [0.2, 0.25) is 0 Å². The number of benzene rings is 1. The van der Waals surface area contributed by atoms with Crippen molar-refractivity contribution in [3.8, 4) is 11.5 Å². The van der Waals surface area contributed by atoms with Crippen LogP contribution in [0.5, 0.6) is 11.5 Å². The van der Waals surface area contributed by atoms with Gasteiger partial charge in [-0.3, -0.25) is 0 Å². The van der Waals surface area contributed by atoms with E-state index in [1.54, 1.807) is 30.3 Å². The number of hydrogen-bond acceptors (Lipinski definition) is 5. The van der Waals surface area contributed by atoms with Crippen LogP contribution in [0, 0.1) is 0 Å². The van der Waals surface area contributed by atoms with Gasteiger partial charge >= 0.3 is 5.97 Å². The predicted molar refractivity (Wildman–Crippen MR) is 74.2 cm³/mol. The number of nitrogens with zero attached hydrogens (tertiary/aromatic N) is 1. The Morgan fingerprint density at radius 3 is 2.79 bits per heavy atom. The van der Waals surface area contributed by atoms with E-state index in [0.29, 0.717) is 27.4 Å². The zero-order chi connectivity index (χ0) is 13.8. The number of aromatic nitrogens is 1. The van der Waals surface area contributed by atoms with Crippen molar-refractivity contribution in [1.82, 2.24) is 4.98 Å². The summed E-state index contributed by atoms with van der Waals surface area (Å²) in [6, 6.07) is 8.39. The number of ether oxygens (including phenoxy) is 2. The molecule has 19 heavy (non-hydrogen) atoms. The fraction of sp³-hybridized carbons (Fsp3) is 0.0769. The van der Waals surface area contributed by atoms with Crippen LogP contribution in [0.2, 0.25) is 0 Å². The fourth-order valence-corrected chi connectivity index (χ4v) is 1.76. The highest BCUT2D eigenvalue weighted by molar-refractivity contribution is 9.10. The van der Waals surface area contributed by atoms with Crippen LogP contribution >= 0.6 is 15.9 Å². The molecule has 0 fully saturated rings. The van der Waals surface area contributed by atoms with Crippen molar-refractivity contribution in [3.05, 3.63) is 46.6 Å². The molecule has 1 aromatic carbocycles. The summed E-state index contributed by atoms with van der Waals surface area (Å²) in [5.41, 5.74) is 6.01. The van der Waals surface area contributed by atoms with Crippen LogP contribution in [-0.4, -0.2) is 18.1 Å². The number of nitrogen functional groups attached to an aromatic ring is 1. The second-order valence-electron chi connectivity index (χ2n) is 3.66. The molecular formula is C13H11BrN2O3. The lowest BCUT2D eigenvalue weighted by molar-refractivity contribution is 0.0600. The van der Waals surface area contributed by atoms with Crippen LogP contribution in [0.3, 0.4) is 0 Å². The number of carbonyl (C=O) groups is 1. The van der Waals surface area contributed by atoms with Gasteiger partial charge < -0.3 is 15.2 Å². The summed E-state index contributed by atoms with van der Waals surface area (Å²) < 4.78 is 10.9. The predicted octanol–water partition coefficient (Wildman–Crippen LogP) is 3.01. The lowest BCUT2D eigenvalue weighted by atomic mass is 10.2. The molecule has 1 heterocycles. The van der Waals surface area contributed by atoms with Crippen molar-refractivity contribution < 1.29 is 14.3 Å². The second kappa shape index (κ2) is 5.71. The molecular weight excluding hydrogens is 312 g/mol. The number of anilines is 1. The van der Waals surface area contributed by atoms with E-state index in [1.165, 1.54) is 13.3 Å². The van der Waals surface area contributed by atoms with Gasteiger partial charge in [-0.15, -0.1) is 0 Å². The van der Waals surface area contributed by atoms with Crippen LogP contribution in [0.1, 0.15) is 10.4 Å². The standard InChI is InChI=1S/C13H11BrN2O3/c1-18-13(17)8-3-2-4-9(5-8)19-10-6-11(14)12(15)16-7-10/h2-7H,1H3,(H2,15,16). The van der Waals surface area contributed by atoms with Gasteiger partial charge in [-0.2, -0.15) is 0 Å². The summed E-state index contributed by atoms with van der Waals surface area (Å²) in [6.07, 6.45) is 1.50. The van der Waals surface area contributed by atoms with Crippen molar-refractivity contribution in [2.24, 2.45) is 0 Å². The molecule has 0 aliphatic heterocycles. The van der Waals surface area contributed by atoms with Crippen molar-refractivity contribution in [3.63, 3.8) is 0 Å². The van der Waals surface area contributed by atoms with E-state index < -0.39 is 5.97 Å². The van der Waals surface area contributed by atoms with Crippen LogP contribution in [-0.2, 0) is 4.74 Å². The minimum Gasteiger partial charge on any atom is -0.465 e. The molecule has 0 saturated carbocycles. The Morgan fingerprint density at radius 1 is 1.32 bits per heavy atom. The quantitative estimate of drug-likeness (QED) is 0.879. The number of pyridine rings is 1. The van der Waals surface area contributed by atoms with Gasteiger partial charge in [0, 0.05) is 6.07 Å². The minimum atomic E-state index is -0.415. The van der Waals surface area contributed by atoms with E-state index in [1.807, 2.05) is 0 Å². The number of methoxy groups -OCH3 is 1. The molecule has 2 aromatic rings. The van der Waals surface area contributed by atoms with Crippen molar-refractivity contribution in [2.75, 3.05) is 12.8 Å². The SMILES string of the molecule is COC(=O)c1cccc(Oc2cnc(N)c(Br)c2)c1. The van der Waals surface area contributed by atoms with Crippen LogP contribution in [0.15, 0.2) is 41.0 Å². The third-order valence-corrected chi connectivity index (χ3v) is 2.97. The Balaban J connectivity index is 2.23. The first-order valence-electron chi connectivity index (χ1n) is 5.37. The molecule has 0 bridgehead atoms. The highest BCUT2D eigenvalue weighted by atomic mass is 79.9. The molecule has 1 aromatic heterocycles. The van der Waals surface area contributed by atoms with E-state index in [0.717, 1.165) is 0 Å². The number of esters is 1. The molecule has 0 unspecified atom stereocenters. The summed E-state index contributed by atoms with van der Waals surface area (Å²) in [7, 11) is 1.33. The van der Waals surface area contributed by atoms with Crippen molar-refractivity contribution in [1.29, 1.82) is 0 Å². The molecule has 2 rings (SSSR count). The van der Waals surface area contributed by atoms with Crippen LogP contribution < -0.4 is 10.5 Å². The number of rotatable bonds is 3. The number of nitrogens with two attached hydrogens (primary N) is 1. The van der Waals surface area contributed by atoms with E-state index in [2.05, 4.69) is 25.7 Å². The Hall–Kier alpha value is -2.08. The summed E-state index contributed by atoms with van der Waals surface area (Å²) in [4.78, 5) is 15.4. The third kappa shape index (κ3) is 3.23. The molecule has 2 N–H and O–H groups in total. The summed E-state index contributed by atoms with van der Waals surface area (Å²) in [5.74, 6) is 1.00. The van der Waals surface area contributed by atoms with Gasteiger partial charge in [0.1, 0.15) is 17.3 Å². The molecule has 0 amide bonds. The number of hydrogen-bond donors (Lipinski definition) is 1. The van der Waals surface area contributed by atoms with Crippen molar-refractivity contribution >= 4 is 27.7 Å². The maximum Gasteiger partial charge on any atom is 0.337 e. The molecule has 0 radical (unpaired) electrons. The van der Waals surface area contributed by atoms with Gasteiger partial charge in [0.25, 0.3) is 0 Å². The highest BCUT2D eigenvalue weighted by Gasteiger charge is 2.07. The summed E-state index contributed by atoms with van der Waals surface area (Å²) in [5, 5.41) is 0. The lowest BCUT2D eigenvalue weighted by Gasteiger charge is -2.07. The zero-order valence-electron chi connectivity index (χ0n) is 10.1. The smallest absolute Gasteiger partial charge is 0.337 e. The average Bonchev–Trinajstić information content (AvgIpc) is 2.42. The van der Waals surface area contributed by atoms with Crippen LogP contribution in [0.25, 0.3) is 0 Å². The largest absolute Gasteiger partial charge is 0.465 e. The molecule has 0 aliphatic carbocycles. The van der Waals surface area contributed by atoms with E-state index in [-0.39, 0.29) is 0 Å². The van der Waals surface area contributed by atoms with E-state index in [4.69, 9.17) is 10.5 Å². The lowest BCUT2D eigenvalue weighted by Crippen LogP contribution is -2.01. The van der Waals surface area contributed by atoms with Gasteiger partial charge in [0.15, 0.2) is 0 Å². The Morgan fingerprint density at radius 2 is 2.11 bits per heavy atom. The second-order valence-corrected chi connectivity index (χ2v) is 4.51. The molecule has 0 aliphatic rings. The Labute approximate surface area is 118 Å². The average molecular weight is 323 g/mol. The first-order chi connectivity index (χ1) is 9.10. The van der Waals surface area contributed by atoms with Gasteiger partial charge in [-0.05, 0) is 34.1 Å². The topological polar surface area (TPSA) is 74.4 Å². The van der Waals surface area contributed by atoms with Gasteiger partial charge in [0.05, 0.1) is 23.3 Å². The Bertz CT molecular complexity index is 617. The summed E-state index contributed by atoms with van der Waals surface area (Å²) in [6.45, 7) is 0. The van der Waals surface area contributed by atoms with Crippen molar-refractivity contribution in [2.45, 2.75) is 0 Å². The van der Waals surface area contributed by atoms with Gasteiger partial charge in [-0.25, -0.2) is 9.78 Å². The first kappa shape index (κ1) is 13.4. The molecule has 6 heteroatoms. The zero-order valence-corrected chi connectivity index (χ0v) is 11.7. The number of carbonyl (C=O) groups excluding carboxylic acids is 1. The van der Waals surface area contributed by atoms with E-state index in [9.17, 15) is 4.79 Å². The number of halogens is 1. The van der Waals surface area contributed by atoms with Crippen LogP contribution in [0.4, 0.5) is 5.82 Å². The normalized spacial score (nSPS) is 10.0. The molecule has 98 valence electrons. The minimum absolute atomic E-state index is 0.385. The monoisotopic (exact) mass is 322 g/mol. The van der Waals surface area contributed by atoms with E-state index >= 15 is 0 Å².